The van der Waals surface area contributed by atoms with Gasteiger partial charge in [0, 0.05) is 36.1 Å². The number of aliphatic hydroxyl groups excluding tert-OH is 2. The van der Waals surface area contributed by atoms with Gasteiger partial charge in [-0.2, -0.15) is 0 Å². The third-order valence-corrected chi connectivity index (χ3v) is 3.13. The van der Waals surface area contributed by atoms with Crippen LogP contribution in [0.15, 0.2) is 24.4 Å². The number of rotatable bonds is 5. The lowest BCUT2D eigenvalue weighted by atomic mass is 10.0. The summed E-state index contributed by atoms with van der Waals surface area (Å²) in [6, 6.07) is 5.02. The number of hydrogen-bond donors (Lipinski definition) is 4. The minimum absolute atomic E-state index is 0.0289. The topological polar surface area (TPSA) is 102 Å². The number of fused-ring (bicyclic) bond motifs is 1. The van der Waals surface area contributed by atoms with Crippen molar-refractivity contribution in [2.75, 3.05) is 6.54 Å². The molecule has 0 aliphatic carbocycles. The molecular formula is C14H16N2O4. The largest absolute Gasteiger partial charge is 0.388 e. The van der Waals surface area contributed by atoms with Crippen molar-refractivity contribution in [3.63, 3.8) is 0 Å². The number of carbonyl (C=O) groups is 2. The van der Waals surface area contributed by atoms with Gasteiger partial charge in [0.15, 0.2) is 6.29 Å². The highest BCUT2D eigenvalue weighted by atomic mass is 16.3. The lowest BCUT2D eigenvalue weighted by Gasteiger charge is -2.18. The summed E-state index contributed by atoms with van der Waals surface area (Å²) in [6.45, 7) is 1.31. The average Bonchev–Trinajstić information content (AvgIpc) is 2.85. The molecular weight excluding hydrogens is 260 g/mol. The number of aldehydes is 1. The number of benzene rings is 1. The second-order valence-electron chi connectivity index (χ2n) is 4.62. The number of amides is 1. The number of aliphatic hydroxyl groups is 2. The van der Waals surface area contributed by atoms with Crippen LogP contribution in [-0.2, 0) is 4.79 Å². The Morgan fingerprint density at radius 2 is 2.20 bits per heavy atom. The number of aromatic amines is 1. The van der Waals surface area contributed by atoms with Crippen molar-refractivity contribution in [1.82, 2.24) is 10.3 Å². The van der Waals surface area contributed by atoms with Gasteiger partial charge in [-0.1, -0.05) is 12.1 Å². The van der Waals surface area contributed by atoms with Gasteiger partial charge in [0.25, 0.3) is 0 Å². The molecule has 1 aromatic carbocycles. The molecule has 0 saturated carbocycles. The van der Waals surface area contributed by atoms with Crippen molar-refractivity contribution in [2.45, 2.75) is 19.1 Å². The van der Waals surface area contributed by atoms with E-state index < -0.39 is 12.2 Å². The van der Waals surface area contributed by atoms with Gasteiger partial charge in [0.1, 0.15) is 12.2 Å². The quantitative estimate of drug-likeness (QED) is 0.597. The van der Waals surface area contributed by atoms with E-state index in [2.05, 4.69) is 10.3 Å². The zero-order valence-corrected chi connectivity index (χ0v) is 11.0. The Kier molecular flexibility index (Phi) is 4.16. The monoisotopic (exact) mass is 276 g/mol. The molecule has 20 heavy (non-hydrogen) atoms. The van der Waals surface area contributed by atoms with Gasteiger partial charge in [-0.25, -0.2) is 0 Å². The van der Waals surface area contributed by atoms with E-state index in [0.29, 0.717) is 16.6 Å². The van der Waals surface area contributed by atoms with E-state index in [1.54, 1.807) is 24.4 Å². The molecule has 1 amide bonds. The molecule has 0 saturated heterocycles. The molecule has 4 N–H and O–H groups in total. The van der Waals surface area contributed by atoms with Crippen LogP contribution in [0.2, 0.25) is 0 Å². The van der Waals surface area contributed by atoms with Crippen molar-refractivity contribution in [2.24, 2.45) is 0 Å². The predicted octanol–water partition coefficient (Wildman–Crippen LogP) is 0.511. The van der Waals surface area contributed by atoms with Gasteiger partial charge in [0.2, 0.25) is 5.91 Å². The maximum Gasteiger partial charge on any atom is 0.216 e. The minimum atomic E-state index is -1.12. The second-order valence-corrected chi connectivity index (χ2v) is 4.62. The predicted molar refractivity (Wildman–Crippen MR) is 73.3 cm³/mol. The van der Waals surface area contributed by atoms with E-state index in [9.17, 15) is 19.8 Å². The van der Waals surface area contributed by atoms with Crippen LogP contribution in [0.4, 0.5) is 0 Å². The van der Waals surface area contributed by atoms with E-state index in [-0.39, 0.29) is 12.5 Å². The Bertz CT molecular complexity index is 635. The highest BCUT2D eigenvalue weighted by Gasteiger charge is 2.19. The summed E-state index contributed by atoms with van der Waals surface area (Å²) in [5, 5.41) is 23.1. The first-order chi connectivity index (χ1) is 9.52. The van der Waals surface area contributed by atoms with Crippen LogP contribution in [0, 0.1) is 0 Å². The maximum absolute atomic E-state index is 10.8. The molecule has 0 aliphatic rings. The summed E-state index contributed by atoms with van der Waals surface area (Å²) < 4.78 is 0. The van der Waals surface area contributed by atoms with Gasteiger partial charge < -0.3 is 20.5 Å². The van der Waals surface area contributed by atoms with Crippen molar-refractivity contribution >= 4 is 23.1 Å². The number of aromatic nitrogens is 1. The third kappa shape index (κ3) is 2.87. The minimum Gasteiger partial charge on any atom is -0.388 e. The second kappa shape index (κ2) is 5.85. The Balaban J connectivity index is 2.19. The Morgan fingerprint density at radius 1 is 1.45 bits per heavy atom. The highest BCUT2D eigenvalue weighted by molar-refractivity contribution is 5.97. The molecule has 0 aliphatic heterocycles. The summed E-state index contributed by atoms with van der Waals surface area (Å²) in [4.78, 5) is 24.5. The number of carbonyl (C=O) groups excluding carboxylic acids is 2. The van der Waals surface area contributed by atoms with E-state index >= 15 is 0 Å². The number of nitrogens with one attached hydrogen (secondary N) is 2. The molecule has 2 aromatic rings. The van der Waals surface area contributed by atoms with E-state index in [1.165, 1.54) is 6.92 Å². The zero-order valence-electron chi connectivity index (χ0n) is 11.0. The molecule has 6 nitrogen and oxygen atoms in total. The molecule has 2 atom stereocenters. The molecule has 0 bridgehead atoms. The maximum atomic E-state index is 10.8. The lowest BCUT2D eigenvalue weighted by Crippen LogP contribution is -2.34. The first kappa shape index (κ1) is 14.2. The molecule has 0 spiro atoms. The zero-order chi connectivity index (χ0) is 14.7. The van der Waals surface area contributed by atoms with Gasteiger partial charge >= 0.3 is 0 Å². The third-order valence-electron chi connectivity index (χ3n) is 3.13. The first-order valence-electron chi connectivity index (χ1n) is 6.19. The van der Waals surface area contributed by atoms with E-state index in [1.807, 2.05) is 0 Å². The van der Waals surface area contributed by atoms with E-state index in [0.717, 1.165) is 11.7 Å². The Morgan fingerprint density at radius 3 is 2.85 bits per heavy atom. The molecule has 0 radical (unpaired) electrons. The Labute approximate surface area is 115 Å². The van der Waals surface area contributed by atoms with Crippen molar-refractivity contribution in [1.29, 1.82) is 0 Å². The first-order valence-corrected chi connectivity index (χ1v) is 6.19. The normalized spacial score (nSPS) is 13.9. The summed E-state index contributed by atoms with van der Waals surface area (Å²) >= 11 is 0. The molecule has 2 rings (SSSR count). The van der Waals surface area contributed by atoms with Crippen LogP contribution in [0.25, 0.3) is 10.9 Å². The molecule has 2 unspecified atom stereocenters. The summed E-state index contributed by atoms with van der Waals surface area (Å²) in [5.74, 6) is -0.272. The number of hydrogen-bond acceptors (Lipinski definition) is 4. The van der Waals surface area contributed by atoms with Crippen molar-refractivity contribution in [3.05, 3.63) is 35.5 Å². The van der Waals surface area contributed by atoms with E-state index in [4.69, 9.17) is 0 Å². The average molecular weight is 276 g/mol. The van der Waals surface area contributed by atoms with Gasteiger partial charge in [0.05, 0.1) is 0 Å². The van der Waals surface area contributed by atoms with Gasteiger partial charge in [-0.3, -0.25) is 9.59 Å². The fourth-order valence-electron chi connectivity index (χ4n) is 2.03. The van der Waals surface area contributed by atoms with Crippen LogP contribution in [0.1, 0.15) is 28.9 Å². The molecule has 1 heterocycles. The lowest BCUT2D eigenvalue weighted by molar-refractivity contribution is -0.119. The summed E-state index contributed by atoms with van der Waals surface area (Å²) in [5.41, 5.74) is 1.75. The van der Waals surface area contributed by atoms with Crippen LogP contribution >= 0.6 is 0 Å². The fraction of sp³-hybridized carbons (Fsp3) is 0.286. The fourth-order valence-corrected chi connectivity index (χ4v) is 2.03. The molecule has 106 valence electrons. The smallest absolute Gasteiger partial charge is 0.216 e. The Hall–Kier alpha value is -2.18. The molecule has 1 aromatic heterocycles. The van der Waals surface area contributed by atoms with Crippen LogP contribution in [-0.4, -0.2) is 40.0 Å². The van der Waals surface area contributed by atoms with Gasteiger partial charge in [-0.15, -0.1) is 0 Å². The van der Waals surface area contributed by atoms with Crippen LogP contribution in [0.3, 0.4) is 0 Å². The molecule has 6 heteroatoms. The van der Waals surface area contributed by atoms with Crippen LogP contribution < -0.4 is 5.32 Å². The number of H-pyrrole nitrogens is 1. The van der Waals surface area contributed by atoms with Crippen molar-refractivity contribution < 1.29 is 19.8 Å². The standard InChI is InChI=1S/C14H16N2O4/c1-8(18)15-6-13(19)14(20)9-2-3-11-10(7-17)5-16-12(11)4-9/h2-5,7,13-14,16,19-20H,6H2,1H3,(H,15,18). The SMILES string of the molecule is CC(=O)NCC(O)C(O)c1ccc2c(C=O)c[nH]c2c1. The van der Waals surface area contributed by atoms with Crippen LogP contribution in [0.5, 0.6) is 0 Å². The molecule has 0 fully saturated rings. The van der Waals surface area contributed by atoms with Gasteiger partial charge in [-0.05, 0) is 11.6 Å². The van der Waals surface area contributed by atoms with Crippen molar-refractivity contribution in [3.8, 4) is 0 Å². The summed E-state index contributed by atoms with van der Waals surface area (Å²) in [6.07, 6.45) is 0.119. The summed E-state index contributed by atoms with van der Waals surface area (Å²) in [7, 11) is 0. The highest BCUT2D eigenvalue weighted by Crippen LogP contribution is 2.23.